The van der Waals surface area contributed by atoms with Gasteiger partial charge in [0, 0.05) is 18.8 Å². The molecule has 5 nitrogen and oxygen atoms in total. The van der Waals surface area contributed by atoms with Crippen molar-refractivity contribution in [2.24, 2.45) is 0 Å². The van der Waals surface area contributed by atoms with Gasteiger partial charge in [-0.05, 0) is 18.6 Å². The molecule has 0 bridgehead atoms. The third kappa shape index (κ3) is 2.79. The van der Waals surface area contributed by atoms with Gasteiger partial charge in [0.15, 0.2) is 0 Å². The Bertz CT molecular complexity index is 557. The molecule has 0 N–H and O–H groups in total. The van der Waals surface area contributed by atoms with Gasteiger partial charge in [-0.3, -0.25) is 4.79 Å². The highest BCUT2D eigenvalue weighted by molar-refractivity contribution is 7.88. The molecule has 1 aliphatic rings. The number of benzene rings is 1. The molecule has 1 amide bonds. The van der Waals surface area contributed by atoms with Crippen LogP contribution >= 0.6 is 0 Å². The van der Waals surface area contributed by atoms with E-state index >= 15 is 0 Å². The average molecular weight is 282 g/mol. The largest absolute Gasteiger partial charge is 0.311 e. The van der Waals surface area contributed by atoms with Gasteiger partial charge in [0.25, 0.3) is 0 Å². The van der Waals surface area contributed by atoms with Crippen molar-refractivity contribution in [2.75, 3.05) is 24.2 Å². The van der Waals surface area contributed by atoms with Gasteiger partial charge in [0.05, 0.1) is 6.26 Å². The van der Waals surface area contributed by atoms with Crippen molar-refractivity contribution in [1.29, 1.82) is 0 Å². The maximum absolute atomic E-state index is 12.4. The summed E-state index contributed by atoms with van der Waals surface area (Å²) >= 11 is 0. The van der Waals surface area contributed by atoms with E-state index in [2.05, 4.69) is 0 Å². The first-order valence-corrected chi connectivity index (χ1v) is 8.13. The predicted molar refractivity (Wildman–Crippen MR) is 74.4 cm³/mol. The van der Waals surface area contributed by atoms with Crippen LogP contribution in [0.5, 0.6) is 0 Å². The smallest absolute Gasteiger partial charge is 0.245 e. The Morgan fingerprint density at radius 2 is 1.95 bits per heavy atom. The maximum Gasteiger partial charge on any atom is 0.245 e. The summed E-state index contributed by atoms with van der Waals surface area (Å²) in [5.74, 6) is -0.140. The molecule has 1 saturated heterocycles. The van der Waals surface area contributed by atoms with Crippen LogP contribution < -0.4 is 4.90 Å². The van der Waals surface area contributed by atoms with Crippen molar-refractivity contribution in [2.45, 2.75) is 19.4 Å². The number of hydrogen-bond acceptors (Lipinski definition) is 3. The molecule has 19 heavy (non-hydrogen) atoms. The third-order valence-corrected chi connectivity index (χ3v) is 4.70. The summed E-state index contributed by atoms with van der Waals surface area (Å²) in [5, 5.41) is 0. The second-order valence-corrected chi connectivity index (χ2v) is 6.53. The zero-order valence-electron chi connectivity index (χ0n) is 11.1. The normalized spacial score (nSPS) is 20.3. The topological polar surface area (TPSA) is 57.7 Å². The fraction of sp³-hybridized carbons (Fsp3) is 0.462. The zero-order valence-corrected chi connectivity index (χ0v) is 11.9. The molecule has 0 spiro atoms. The molecule has 6 heteroatoms. The number of anilines is 1. The standard InChI is InChI=1S/C13H18N2O3S/c1-3-15(19(2,17)18)12-9-10-14(13(12)16)11-7-5-4-6-8-11/h4-8,12H,3,9-10H2,1-2H3. The van der Waals surface area contributed by atoms with Crippen LogP contribution in [0.15, 0.2) is 30.3 Å². The molecule has 1 fully saturated rings. The summed E-state index contributed by atoms with van der Waals surface area (Å²) in [7, 11) is -3.35. The highest BCUT2D eigenvalue weighted by Gasteiger charge is 2.39. The lowest BCUT2D eigenvalue weighted by molar-refractivity contribution is -0.120. The van der Waals surface area contributed by atoms with Crippen LogP contribution in [-0.2, 0) is 14.8 Å². The van der Waals surface area contributed by atoms with Crippen LogP contribution in [-0.4, -0.2) is 44.0 Å². The summed E-state index contributed by atoms with van der Waals surface area (Å²) in [4.78, 5) is 14.0. The Labute approximate surface area is 113 Å². The van der Waals surface area contributed by atoms with E-state index in [4.69, 9.17) is 0 Å². The van der Waals surface area contributed by atoms with Crippen molar-refractivity contribution in [3.8, 4) is 0 Å². The van der Waals surface area contributed by atoms with Crippen molar-refractivity contribution in [1.82, 2.24) is 4.31 Å². The van der Waals surface area contributed by atoms with Crippen LogP contribution in [0.1, 0.15) is 13.3 Å². The van der Waals surface area contributed by atoms with Gasteiger partial charge in [-0.2, -0.15) is 4.31 Å². The molecule has 0 aliphatic carbocycles. The molecule has 1 aromatic carbocycles. The fourth-order valence-corrected chi connectivity index (χ4v) is 3.61. The fourth-order valence-electron chi connectivity index (χ4n) is 2.48. The van der Waals surface area contributed by atoms with Crippen molar-refractivity contribution in [3.05, 3.63) is 30.3 Å². The summed E-state index contributed by atoms with van der Waals surface area (Å²) < 4.78 is 24.7. The van der Waals surface area contributed by atoms with E-state index < -0.39 is 16.1 Å². The Hall–Kier alpha value is -1.40. The van der Waals surface area contributed by atoms with E-state index in [9.17, 15) is 13.2 Å². The number of hydrogen-bond donors (Lipinski definition) is 0. The SMILES string of the molecule is CCN(C1CCN(c2ccccc2)C1=O)S(C)(=O)=O. The number of rotatable bonds is 4. The number of sulfonamides is 1. The second kappa shape index (κ2) is 5.30. The van der Waals surface area contributed by atoms with Gasteiger partial charge < -0.3 is 4.90 Å². The zero-order chi connectivity index (χ0) is 14.0. The number of likely N-dealkylation sites (N-methyl/N-ethyl adjacent to an activating group) is 1. The Balaban J connectivity index is 2.23. The first-order chi connectivity index (χ1) is 8.95. The van der Waals surface area contributed by atoms with Crippen LogP contribution in [0, 0.1) is 0 Å². The Kier molecular flexibility index (Phi) is 3.91. The molecule has 1 aliphatic heterocycles. The first kappa shape index (κ1) is 14.0. The summed E-state index contributed by atoms with van der Waals surface area (Å²) in [6.07, 6.45) is 1.68. The maximum atomic E-state index is 12.4. The van der Waals surface area contributed by atoms with Crippen LogP contribution in [0.2, 0.25) is 0 Å². The van der Waals surface area contributed by atoms with E-state index in [0.717, 1.165) is 11.9 Å². The van der Waals surface area contributed by atoms with Gasteiger partial charge in [0.1, 0.15) is 6.04 Å². The number of carbonyl (C=O) groups is 1. The predicted octanol–water partition coefficient (Wildman–Crippen LogP) is 1.07. The molecule has 0 radical (unpaired) electrons. The molecular weight excluding hydrogens is 264 g/mol. The van der Waals surface area contributed by atoms with Crippen molar-refractivity contribution >= 4 is 21.6 Å². The minimum absolute atomic E-state index is 0.140. The lowest BCUT2D eigenvalue weighted by atomic mass is 10.2. The number of carbonyl (C=O) groups excluding carboxylic acids is 1. The average Bonchev–Trinajstić information content (AvgIpc) is 2.72. The van der Waals surface area contributed by atoms with E-state index in [1.807, 2.05) is 30.3 Å². The van der Waals surface area contributed by atoms with Gasteiger partial charge in [-0.1, -0.05) is 25.1 Å². The quantitative estimate of drug-likeness (QED) is 0.830. The van der Waals surface area contributed by atoms with E-state index in [1.165, 1.54) is 4.31 Å². The summed E-state index contributed by atoms with van der Waals surface area (Å²) in [6, 6.07) is 8.76. The molecule has 2 rings (SSSR count). The minimum atomic E-state index is -3.35. The second-order valence-electron chi connectivity index (χ2n) is 4.60. The van der Waals surface area contributed by atoms with Crippen LogP contribution in [0.25, 0.3) is 0 Å². The van der Waals surface area contributed by atoms with E-state index in [0.29, 0.717) is 19.5 Å². The summed E-state index contributed by atoms with van der Waals surface area (Å²) in [6.45, 7) is 2.62. The lowest BCUT2D eigenvalue weighted by Crippen LogP contribution is -2.44. The van der Waals surface area contributed by atoms with Crippen molar-refractivity contribution in [3.63, 3.8) is 0 Å². The molecule has 0 saturated carbocycles. The Morgan fingerprint density at radius 1 is 1.32 bits per heavy atom. The molecule has 104 valence electrons. The number of para-hydroxylation sites is 1. The number of amides is 1. The first-order valence-electron chi connectivity index (χ1n) is 6.28. The molecule has 1 aromatic rings. The molecule has 1 atom stereocenters. The molecule has 1 unspecified atom stereocenters. The van der Waals surface area contributed by atoms with Gasteiger partial charge in [0.2, 0.25) is 15.9 Å². The van der Waals surface area contributed by atoms with E-state index in [1.54, 1.807) is 11.8 Å². The highest BCUT2D eigenvalue weighted by Crippen LogP contribution is 2.25. The van der Waals surface area contributed by atoms with Crippen LogP contribution in [0.3, 0.4) is 0 Å². The minimum Gasteiger partial charge on any atom is -0.311 e. The van der Waals surface area contributed by atoms with E-state index in [-0.39, 0.29) is 5.91 Å². The molecule has 1 heterocycles. The van der Waals surface area contributed by atoms with Gasteiger partial charge >= 0.3 is 0 Å². The van der Waals surface area contributed by atoms with Crippen LogP contribution in [0.4, 0.5) is 5.69 Å². The van der Waals surface area contributed by atoms with Gasteiger partial charge in [-0.15, -0.1) is 0 Å². The lowest BCUT2D eigenvalue weighted by Gasteiger charge is -2.24. The monoisotopic (exact) mass is 282 g/mol. The molecule has 0 aromatic heterocycles. The highest BCUT2D eigenvalue weighted by atomic mass is 32.2. The number of nitrogens with zero attached hydrogens (tertiary/aromatic N) is 2. The van der Waals surface area contributed by atoms with Gasteiger partial charge in [-0.25, -0.2) is 8.42 Å². The summed E-state index contributed by atoms with van der Waals surface area (Å²) in [5.41, 5.74) is 0.819. The molecular formula is C13H18N2O3S. The van der Waals surface area contributed by atoms with Crippen molar-refractivity contribution < 1.29 is 13.2 Å². The third-order valence-electron chi connectivity index (χ3n) is 3.33. The Morgan fingerprint density at radius 3 is 2.47 bits per heavy atom.